The average molecular weight is 399 g/mol. The van der Waals surface area contributed by atoms with Gasteiger partial charge in [0.05, 0.1) is 5.54 Å². The van der Waals surface area contributed by atoms with Crippen LogP contribution in [0.4, 0.5) is 0 Å². The molecule has 3 nitrogen and oxygen atoms in total. The first-order chi connectivity index (χ1) is 14.7. The summed E-state index contributed by atoms with van der Waals surface area (Å²) in [4.78, 5) is 19.6. The second-order valence-electron chi connectivity index (χ2n) is 9.71. The monoisotopic (exact) mass is 398 g/mol. The Bertz CT molecular complexity index is 990. The Balaban J connectivity index is 1.57. The van der Waals surface area contributed by atoms with Gasteiger partial charge < -0.3 is 4.90 Å². The molecule has 2 saturated carbocycles. The van der Waals surface area contributed by atoms with Crippen molar-refractivity contribution in [3.63, 3.8) is 0 Å². The highest BCUT2D eigenvalue weighted by atomic mass is 16.1. The number of nitrogens with zero attached hydrogens (tertiary/aromatic N) is 2. The highest BCUT2D eigenvalue weighted by molar-refractivity contribution is 6.36. The molecule has 1 saturated heterocycles. The third-order valence-electron chi connectivity index (χ3n) is 8.39. The lowest BCUT2D eigenvalue weighted by Crippen LogP contribution is -2.64. The Labute approximate surface area is 179 Å². The number of likely N-dealkylation sites (N-methyl/N-ethyl adjacent to an activating group) is 1. The van der Waals surface area contributed by atoms with E-state index in [4.69, 9.17) is 0 Å². The minimum Gasteiger partial charge on any atom is -0.304 e. The molecule has 6 rings (SSSR count). The number of rotatable bonds is 3. The third kappa shape index (κ3) is 2.42. The minimum atomic E-state index is -0.319. The van der Waals surface area contributed by atoms with Crippen LogP contribution in [0.25, 0.3) is 11.1 Å². The van der Waals surface area contributed by atoms with Crippen molar-refractivity contribution in [1.82, 2.24) is 9.80 Å². The van der Waals surface area contributed by atoms with Crippen molar-refractivity contribution in [1.29, 1.82) is 0 Å². The number of hydrogen-bond donors (Lipinski definition) is 0. The standard InChI is InChI=1S/C27H30N2O/c1-28-14-16-29(17-15-28)27-22-13-12-21(18-22)25(27)23(19-8-4-2-5-9-19)24(26(27)30)20-10-6-3-7-11-20/h2-11,21-22,25H,12-18H2,1H3/t21-,22+,25-,27+/m1/s1. The van der Waals surface area contributed by atoms with E-state index in [0.29, 0.717) is 23.5 Å². The second-order valence-corrected chi connectivity index (χ2v) is 9.71. The van der Waals surface area contributed by atoms with Crippen molar-refractivity contribution in [3.8, 4) is 0 Å². The number of carbonyl (C=O) groups is 1. The van der Waals surface area contributed by atoms with Crippen molar-refractivity contribution in [3.05, 3.63) is 71.8 Å². The Morgan fingerprint density at radius 2 is 1.47 bits per heavy atom. The summed E-state index contributed by atoms with van der Waals surface area (Å²) in [6.45, 7) is 4.12. The zero-order valence-electron chi connectivity index (χ0n) is 17.8. The van der Waals surface area contributed by atoms with Crippen LogP contribution < -0.4 is 0 Å². The van der Waals surface area contributed by atoms with Crippen molar-refractivity contribution in [2.75, 3.05) is 33.2 Å². The molecule has 1 aliphatic heterocycles. The van der Waals surface area contributed by atoms with Crippen LogP contribution in [0.1, 0.15) is 30.4 Å². The van der Waals surface area contributed by atoms with Crippen LogP contribution in [0.5, 0.6) is 0 Å². The summed E-state index contributed by atoms with van der Waals surface area (Å²) in [5, 5.41) is 0. The number of hydrogen-bond acceptors (Lipinski definition) is 3. The lowest BCUT2D eigenvalue weighted by atomic mass is 9.69. The number of carbonyl (C=O) groups excluding carboxylic acids is 1. The van der Waals surface area contributed by atoms with Gasteiger partial charge in [0.25, 0.3) is 0 Å². The molecule has 0 aromatic heterocycles. The van der Waals surface area contributed by atoms with E-state index in [-0.39, 0.29) is 5.54 Å². The number of ketones is 1. The van der Waals surface area contributed by atoms with E-state index in [2.05, 4.69) is 71.4 Å². The molecule has 154 valence electrons. The second kappa shape index (κ2) is 6.90. The molecular weight excluding hydrogens is 368 g/mol. The lowest BCUT2D eigenvalue weighted by Gasteiger charge is -2.50. The highest BCUT2D eigenvalue weighted by Crippen LogP contribution is 2.66. The zero-order valence-corrected chi connectivity index (χ0v) is 17.8. The van der Waals surface area contributed by atoms with Gasteiger partial charge in [-0.1, -0.05) is 60.7 Å². The first kappa shape index (κ1) is 18.5. The largest absolute Gasteiger partial charge is 0.304 e. The first-order valence-electron chi connectivity index (χ1n) is 11.5. The lowest BCUT2D eigenvalue weighted by molar-refractivity contribution is -0.132. The maximum Gasteiger partial charge on any atom is 0.184 e. The molecule has 2 bridgehead atoms. The fraction of sp³-hybridized carbons (Fsp3) is 0.444. The zero-order chi connectivity index (χ0) is 20.3. The summed E-state index contributed by atoms with van der Waals surface area (Å²) >= 11 is 0. The Morgan fingerprint density at radius 1 is 0.833 bits per heavy atom. The van der Waals surface area contributed by atoms with Gasteiger partial charge in [0.15, 0.2) is 5.78 Å². The summed E-state index contributed by atoms with van der Waals surface area (Å²) < 4.78 is 0. The highest BCUT2D eigenvalue weighted by Gasteiger charge is 2.69. The molecule has 0 amide bonds. The van der Waals surface area contributed by atoms with Gasteiger partial charge in [-0.05, 0) is 54.8 Å². The van der Waals surface area contributed by atoms with Crippen LogP contribution in [0.3, 0.4) is 0 Å². The SMILES string of the molecule is CN1CCN([C@]23C(=O)C(c4ccccc4)=C(c4ccccc4)[C@H]2[C@@H]2CC[C@H]3C2)CC1. The van der Waals surface area contributed by atoms with E-state index in [1.807, 2.05) is 6.07 Å². The Kier molecular flexibility index (Phi) is 4.26. The summed E-state index contributed by atoms with van der Waals surface area (Å²) in [7, 11) is 2.20. The summed E-state index contributed by atoms with van der Waals surface area (Å²) in [5.74, 6) is 1.89. The van der Waals surface area contributed by atoms with Crippen LogP contribution >= 0.6 is 0 Å². The van der Waals surface area contributed by atoms with E-state index in [0.717, 1.165) is 37.3 Å². The summed E-state index contributed by atoms with van der Waals surface area (Å²) in [6, 6.07) is 21.2. The molecule has 0 N–H and O–H groups in total. The number of piperazine rings is 1. The topological polar surface area (TPSA) is 23.6 Å². The molecule has 4 atom stereocenters. The normalized spacial score (nSPS) is 34.0. The molecule has 0 unspecified atom stereocenters. The predicted molar refractivity (Wildman–Crippen MR) is 121 cm³/mol. The van der Waals surface area contributed by atoms with Crippen molar-refractivity contribution in [2.24, 2.45) is 17.8 Å². The molecule has 3 aliphatic carbocycles. The van der Waals surface area contributed by atoms with Crippen molar-refractivity contribution >= 4 is 16.9 Å². The minimum absolute atomic E-state index is 0.319. The quantitative estimate of drug-likeness (QED) is 0.774. The van der Waals surface area contributed by atoms with Gasteiger partial charge in [-0.15, -0.1) is 0 Å². The molecule has 0 spiro atoms. The van der Waals surface area contributed by atoms with Crippen molar-refractivity contribution in [2.45, 2.75) is 24.8 Å². The first-order valence-corrected chi connectivity index (χ1v) is 11.5. The maximum absolute atomic E-state index is 14.6. The molecular formula is C27H30N2O. The molecule has 3 fully saturated rings. The smallest absolute Gasteiger partial charge is 0.184 e. The van der Waals surface area contributed by atoms with Crippen LogP contribution in [0.2, 0.25) is 0 Å². The Morgan fingerprint density at radius 3 is 2.13 bits per heavy atom. The summed E-state index contributed by atoms with van der Waals surface area (Å²) in [6.07, 6.45) is 3.71. The molecule has 2 aromatic carbocycles. The van der Waals surface area contributed by atoms with E-state index >= 15 is 0 Å². The van der Waals surface area contributed by atoms with Gasteiger partial charge in [0.2, 0.25) is 0 Å². The van der Waals surface area contributed by atoms with E-state index in [9.17, 15) is 4.79 Å². The third-order valence-corrected chi connectivity index (χ3v) is 8.39. The van der Waals surface area contributed by atoms with E-state index < -0.39 is 0 Å². The van der Waals surface area contributed by atoms with Gasteiger partial charge in [0.1, 0.15) is 0 Å². The fourth-order valence-electron chi connectivity index (χ4n) is 7.20. The van der Waals surface area contributed by atoms with E-state index in [1.165, 1.54) is 30.4 Å². The van der Waals surface area contributed by atoms with Crippen LogP contribution in [0.15, 0.2) is 60.7 Å². The van der Waals surface area contributed by atoms with Crippen molar-refractivity contribution < 1.29 is 4.79 Å². The molecule has 2 aromatic rings. The molecule has 3 heteroatoms. The number of benzene rings is 2. The molecule has 30 heavy (non-hydrogen) atoms. The van der Waals surface area contributed by atoms with Crippen LogP contribution in [-0.4, -0.2) is 54.3 Å². The van der Waals surface area contributed by atoms with E-state index in [1.54, 1.807) is 0 Å². The molecule has 4 aliphatic rings. The predicted octanol–water partition coefficient (Wildman–Crippen LogP) is 4.21. The van der Waals surface area contributed by atoms with Crippen LogP contribution in [0, 0.1) is 17.8 Å². The average Bonchev–Trinajstić information content (AvgIpc) is 3.46. The number of Topliss-reactive ketones (excluding diaryl/α,β-unsaturated/α-hetero) is 1. The van der Waals surface area contributed by atoms with Crippen LogP contribution in [-0.2, 0) is 4.79 Å². The van der Waals surface area contributed by atoms with Gasteiger partial charge in [-0.2, -0.15) is 0 Å². The molecule has 0 radical (unpaired) electrons. The summed E-state index contributed by atoms with van der Waals surface area (Å²) in [5.41, 5.74) is 4.36. The van der Waals surface area contributed by atoms with Gasteiger partial charge in [-0.3, -0.25) is 9.69 Å². The number of fused-ring (bicyclic) bond motifs is 5. The molecule has 1 heterocycles. The van der Waals surface area contributed by atoms with Gasteiger partial charge in [0, 0.05) is 37.7 Å². The fourth-order valence-corrected chi connectivity index (χ4v) is 7.20. The Hall–Kier alpha value is -2.23. The van der Waals surface area contributed by atoms with Gasteiger partial charge in [-0.25, -0.2) is 0 Å². The maximum atomic E-state index is 14.6. The van der Waals surface area contributed by atoms with Gasteiger partial charge >= 0.3 is 0 Å².